The first-order chi connectivity index (χ1) is 10.3. The van der Waals surface area contributed by atoms with Crippen molar-refractivity contribution in [3.8, 4) is 0 Å². The summed E-state index contributed by atoms with van der Waals surface area (Å²) < 4.78 is 1.97. The largest absolute Gasteiger partial charge is 0.369 e. The molecule has 0 atom stereocenters. The third-order valence-corrected chi connectivity index (χ3v) is 3.52. The lowest BCUT2D eigenvalue weighted by molar-refractivity contribution is -0.120. The number of amides is 1. The van der Waals surface area contributed by atoms with Crippen molar-refractivity contribution in [3.63, 3.8) is 0 Å². The molecular weight excluding hydrogens is 268 g/mol. The predicted octanol–water partition coefficient (Wildman–Crippen LogP) is 0.877. The second-order valence-corrected chi connectivity index (χ2v) is 5.12. The van der Waals surface area contributed by atoms with E-state index in [1.54, 1.807) is 6.20 Å². The summed E-state index contributed by atoms with van der Waals surface area (Å²) in [5.41, 5.74) is 0.825. The van der Waals surface area contributed by atoms with Crippen LogP contribution in [0.4, 0.5) is 11.6 Å². The van der Waals surface area contributed by atoms with Gasteiger partial charge in [-0.2, -0.15) is 0 Å². The van der Waals surface area contributed by atoms with Crippen LogP contribution >= 0.6 is 0 Å². The normalized spacial score (nSPS) is 15.9. The molecule has 1 saturated heterocycles. The zero-order chi connectivity index (χ0) is 14.7. The van der Waals surface area contributed by atoms with Crippen LogP contribution in [0.15, 0.2) is 18.6 Å². The Morgan fingerprint density at radius 3 is 3.19 bits per heavy atom. The third-order valence-electron chi connectivity index (χ3n) is 3.52. The number of nitrogens with zero attached hydrogens (tertiary/aromatic N) is 4. The van der Waals surface area contributed by atoms with Crippen molar-refractivity contribution in [2.75, 3.05) is 36.4 Å². The van der Waals surface area contributed by atoms with Crippen molar-refractivity contribution in [1.29, 1.82) is 0 Å². The Morgan fingerprint density at radius 1 is 1.43 bits per heavy atom. The van der Waals surface area contributed by atoms with Crippen LogP contribution in [0.2, 0.25) is 0 Å². The molecule has 3 rings (SSSR count). The van der Waals surface area contributed by atoms with E-state index in [1.807, 2.05) is 16.8 Å². The molecule has 7 nitrogen and oxygen atoms in total. The molecule has 0 aliphatic carbocycles. The number of fused-ring (bicyclic) bond motifs is 1. The van der Waals surface area contributed by atoms with E-state index in [4.69, 9.17) is 4.98 Å². The first-order valence-corrected chi connectivity index (χ1v) is 7.37. The van der Waals surface area contributed by atoms with Crippen molar-refractivity contribution in [2.45, 2.75) is 19.8 Å². The van der Waals surface area contributed by atoms with Gasteiger partial charge in [0.15, 0.2) is 11.5 Å². The molecular formula is C14H20N6O. The van der Waals surface area contributed by atoms with Crippen LogP contribution < -0.4 is 15.5 Å². The van der Waals surface area contributed by atoms with Gasteiger partial charge < -0.3 is 19.9 Å². The zero-order valence-electron chi connectivity index (χ0n) is 12.2. The molecule has 2 aromatic rings. The Labute approximate surface area is 123 Å². The van der Waals surface area contributed by atoms with E-state index in [9.17, 15) is 4.79 Å². The van der Waals surface area contributed by atoms with Gasteiger partial charge in [-0.05, 0) is 6.42 Å². The average molecular weight is 288 g/mol. The fourth-order valence-electron chi connectivity index (χ4n) is 2.44. The summed E-state index contributed by atoms with van der Waals surface area (Å²) in [6.07, 6.45) is 7.16. The van der Waals surface area contributed by atoms with E-state index in [1.165, 1.54) is 0 Å². The predicted molar refractivity (Wildman–Crippen MR) is 81.6 cm³/mol. The van der Waals surface area contributed by atoms with Crippen molar-refractivity contribution in [3.05, 3.63) is 18.6 Å². The number of anilines is 2. The lowest BCUT2D eigenvalue weighted by atomic mass is 10.3. The molecule has 3 heterocycles. The van der Waals surface area contributed by atoms with Crippen LogP contribution in [0, 0.1) is 0 Å². The first-order valence-electron chi connectivity index (χ1n) is 7.37. The highest BCUT2D eigenvalue weighted by Crippen LogP contribution is 2.21. The second kappa shape index (κ2) is 5.99. The van der Waals surface area contributed by atoms with Gasteiger partial charge >= 0.3 is 0 Å². The molecule has 0 spiro atoms. The molecule has 112 valence electrons. The van der Waals surface area contributed by atoms with Crippen LogP contribution in [-0.4, -0.2) is 46.5 Å². The lowest BCUT2D eigenvalue weighted by Gasteiger charge is -2.22. The summed E-state index contributed by atoms with van der Waals surface area (Å²) in [5.74, 6) is 1.76. The minimum atomic E-state index is 0.0946. The van der Waals surface area contributed by atoms with Gasteiger partial charge in [-0.15, -0.1) is 0 Å². The maximum atomic E-state index is 11.5. The highest BCUT2D eigenvalue weighted by Gasteiger charge is 2.18. The lowest BCUT2D eigenvalue weighted by Crippen LogP contribution is -2.29. The summed E-state index contributed by atoms with van der Waals surface area (Å²) in [7, 11) is 0. The Balaban J connectivity index is 1.94. The summed E-state index contributed by atoms with van der Waals surface area (Å²) in [6, 6.07) is 0. The van der Waals surface area contributed by atoms with Crippen LogP contribution in [0.25, 0.3) is 5.65 Å². The number of imidazole rings is 1. The summed E-state index contributed by atoms with van der Waals surface area (Å²) in [4.78, 5) is 22.7. The molecule has 0 saturated carbocycles. The minimum absolute atomic E-state index is 0.0946. The first kappa shape index (κ1) is 13.7. The number of carbonyl (C=O) groups is 1. The van der Waals surface area contributed by atoms with Gasteiger partial charge in [0, 0.05) is 45.0 Å². The molecule has 1 fully saturated rings. The van der Waals surface area contributed by atoms with E-state index < -0.39 is 0 Å². The third kappa shape index (κ3) is 2.91. The number of carbonyl (C=O) groups excluding carboxylic acids is 1. The Morgan fingerprint density at radius 2 is 2.33 bits per heavy atom. The number of hydrogen-bond donors (Lipinski definition) is 2. The van der Waals surface area contributed by atoms with Gasteiger partial charge in [-0.1, -0.05) is 6.92 Å². The fraction of sp³-hybridized carbons (Fsp3) is 0.500. The molecule has 1 amide bonds. The van der Waals surface area contributed by atoms with E-state index >= 15 is 0 Å². The zero-order valence-corrected chi connectivity index (χ0v) is 12.2. The number of hydrogen-bond acceptors (Lipinski definition) is 5. The van der Waals surface area contributed by atoms with Crippen LogP contribution in [0.3, 0.4) is 0 Å². The summed E-state index contributed by atoms with van der Waals surface area (Å²) >= 11 is 0. The minimum Gasteiger partial charge on any atom is -0.369 e. The molecule has 1 aliphatic heterocycles. The fourth-order valence-corrected chi connectivity index (χ4v) is 2.44. The van der Waals surface area contributed by atoms with Crippen LogP contribution in [-0.2, 0) is 4.79 Å². The van der Waals surface area contributed by atoms with Crippen molar-refractivity contribution < 1.29 is 4.79 Å². The maximum Gasteiger partial charge on any atom is 0.221 e. The molecule has 0 aromatic carbocycles. The van der Waals surface area contributed by atoms with E-state index in [0.29, 0.717) is 19.5 Å². The standard InChI is InChI=1S/C14H20N6O/c1-2-4-15-11-10-20-9-6-17-13(20)14(18-11)19-7-3-12(21)16-5-8-19/h6,9-10,15H,2-5,7-8H2,1H3,(H,16,21). The monoisotopic (exact) mass is 288 g/mol. The number of rotatable bonds is 4. The molecule has 0 bridgehead atoms. The number of nitrogens with one attached hydrogen (secondary N) is 2. The summed E-state index contributed by atoms with van der Waals surface area (Å²) in [6.45, 7) is 5.06. The Kier molecular flexibility index (Phi) is 3.89. The van der Waals surface area contributed by atoms with Crippen molar-refractivity contribution in [1.82, 2.24) is 19.7 Å². The Bertz CT molecular complexity index is 637. The average Bonchev–Trinajstić information content (AvgIpc) is 2.86. The highest BCUT2D eigenvalue weighted by atomic mass is 16.1. The maximum absolute atomic E-state index is 11.5. The molecule has 2 aromatic heterocycles. The topological polar surface area (TPSA) is 74.6 Å². The van der Waals surface area contributed by atoms with Gasteiger partial charge in [-0.25, -0.2) is 9.97 Å². The second-order valence-electron chi connectivity index (χ2n) is 5.12. The molecule has 7 heteroatoms. The Hall–Kier alpha value is -2.31. The van der Waals surface area contributed by atoms with Crippen LogP contribution in [0.5, 0.6) is 0 Å². The van der Waals surface area contributed by atoms with Gasteiger partial charge in [-0.3, -0.25) is 4.79 Å². The van der Waals surface area contributed by atoms with Gasteiger partial charge in [0.1, 0.15) is 5.82 Å². The smallest absolute Gasteiger partial charge is 0.221 e. The van der Waals surface area contributed by atoms with E-state index in [0.717, 1.165) is 36.8 Å². The van der Waals surface area contributed by atoms with Gasteiger partial charge in [0.2, 0.25) is 5.91 Å². The molecule has 21 heavy (non-hydrogen) atoms. The van der Waals surface area contributed by atoms with Gasteiger partial charge in [0.25, 0.3) is 0 Å². The van der Waals surface area contributed by atoms with Crippen LogP contribution in [0.1, 0.15) is 19.8 Å². The SMILES string of the molecule is CCCNc1cn2ccnc2c(N2CCNC(=O)CC2)n1. The van der Waals surface area contributed by atoms with Crippen molar-refractivity contribution in [2.24, 2.45) is 0 Å². The molecule has 1 aliphatic rings. The number of aromatic nitrogens is 3. The highest BCUT2D eigenvalue weighted by molar-refractivity contribution is 5.78. The summed E-state index contributed by atoms with van der Waals surface area (Å²) in [5, 5.41) is 6.20. The molecule has 2 N–H and O–H groups in total. The molecule has 0 radical (unpaired) electrons. The van der Waals surface area contributed by atoms with Crippen molar-refractivity contribution >= 4 is 23.2 Å². The molecule has 0 unspecified atom stereocenters. The quantitative estimate of drug-likeness (QED) is 0.873. The van der Waals surface area contributed by atoms with E-state index in [2.05, 4.69) is 27.4 Å². The van der Waals surface area contributed by atoms with Gasteiger partial charge in [0.05, 0.1) is 6.20 Å². The van der Waals surface area contributed by atoms with E-state index in [-0.39, 0.29) is 5.91 Å².